The van der Waals surface area contributed by atoms with E-state index in [0.29, 0.717) is 5.82 Å². The summed E-state index contributed by atoms with van der Waals surface area (Å²) >= 11 is 0. The largest absolute Gasteiger partial charge is 0.383 e. The Morgan fingerprint density at radius 2 is 2.07 bits per heavy atom. The second-order valence-corrected chi connectivity index (χ2v) is 3.57. The monoisotopic (exact) mass is 186 g/mol. The van der Waals surface area contributed by atoms with Crippen LogP contribution >= 0.6 is 0 Å². The average molecular weight is 186 g/mol. The zero-order valence-electron chi connectivity index (χ0n) is 8.54. The van der Waals surface area contributed by atoms with Gasteiger partial charge in [-0.25, -0.2) is 4.98 Å². The van der Waals surface area contributed by atoms with E-state index < -0.39 is 0 Å². The van der Waals surface area contributed by atoms with Crippen molar-refractivity contribution in [3.8, 4) is 0 Å². The van der Waals surface area contributed by atoms with Gasteiger partial charge in [-0.3, -0.25) is 0 Å². The molecule has 2 aromatic rings. The molecule has 2 N–H and O–H groups in total. The van der Waals surface area contributed by atoms with Gasteiger partial charge in [0.15, 0.2) is 0 Å². The van der Waals surface area contributed by atoms with Gasteiger partial charge in [0.05, 0.1) is 0 Å². The second-order valence-electron chi connectivity index (χ2n) is 3.57. The molecular formula is C12H14N2. The highest BCUT2D eigenvalue weighted by molar-refractivity contribution is 5.93. The maximum absolute atomic E-state index is 5.84. The first-order chi connectivity index (χ1) is 6.72. The van der Waals surface area contributed by atoms with Crippen molar-refractivity contribution in [3.05, 3.63) is 35.5 Å². The van der Waals surface area contributed by atoms with E-state index in [9.17, 15) is 0 Å². The lowest BCUT2D eigenvalue weighted by molar-refractivity contribution is 1.13. The summed E-state index contributed by atoms with van der Waals surface area (Å²) in [6, 6.07) is 6.33. The Bertz CT molecular complexity index is 475. The number of aryl methyl sites for hydroxylation is 2. The number of nitrogen functional groups attached to an aromatic ring is 1. The summed E-state index contributed by atoms with van der Waals surface area (Å²) in [7, 11) is 0. The maximum Gasteiger partial charge on any atom is 0.131 e. The summed E-state index contributed by atoms with van der Waals surface area (Å²) in [6.07, 6.45) is 2.86. The van der Waals surface area contributed by atoms with Gasteiger partial charge in [-0.05, 0) is 30.4 Å². The molecule has 0 atom stereocenters. The van der Waals surface area contributed by atoms with Gasteiger partial charge in [0.1, 0.15) is 5.82 Å². The van der Waals surface area contributed by atoms with Gasteiger partial charge in [0.25, 0.3) is 0 Å². The molecule has 0 radical (unpaired) electrons. The van der Waals surface area contributed by atoms with E-state index in [1.165, 1.54) is 16.5 Å². The fourth-order valence-electron chi connectivity index (χ4n) is 1.72. The van der Waals surface area contributed by atoms with Crippen LogP contribution in [0.15, 0.2) is 24.4 Å². The van der Waals surface area contributed by atoms with Gasteiger partial charge in [0.2, 0.25) is 0 Å². The van der Waals surface area contributed by atoms with Gasteiger partial charge in [0, 0.05) is 11.6 Å². The Morgan fingerprint density at radius 1 is 1.29 bits per heavy atom. The molecule has 0 amide bonds. The highest BCUT2D eigenvalue weighted by Crippen LogP contribution is 2.23. The average Bonchev–Trinajstić information content (AvgIpc) is 2.19. The number of aromatic nitrogens is 1. The molecule has 0 fully saturated rings. The second kappa shape index (κ2) is 3.29. The number of fused-ring (bicyclic) bond motifs is 1. The highest BCUT2D eigenvalue weighted by Gasteiger charge is 2.03. The minimum Gasteiger partial charge on any atom is -0.383 e. The number of anilines is 1. The predicted molar refractivity (Wildman–Crippen MR) is 60.3 cm³/mol. The van der Waals surface area contributed by atoms with Crippen LogP contribution in [0.5, 0.6) is 0 Å². The lowest BCUT2D eigenvalue weighted by Gasteiger charge is -2.06. The van der Waals surface area contributed by atoms with E-state index in [2.05, 4.69) is 37.0 Å². The van der Waals surface area contributed by atoms with Gasteiger partial charge < -0.3 is 5.73 Å². The third kappa shape index (κ3) is 1.33. The van der Waals surface area contributed by atoms with Crippen LogP contribution < -0.4 is 5.73 Å². The van der Waals surface area contributed by atoms with Gasteiger partial charge >= 0.3 is 0 Å². The Balaban J connectivity index is 2.84. The van der Waals surface area contributed by atoms with Crippen LogP contribution in [0.25, 0.3) is 10.8 Å². The first kappa shape index (κ1) is 9.00. The summed E-state index contributed by atoms with van der Waals surface area (Å²) in [4.78, 5) is 4.20. The lowest BCUT2D eigenvalue weighted by atomic mass is 10.0. The number of nitrogens with two attached hydrogens (primary N) is 1. The molecule has 1 heterocycles. The van der Waals surface area contributed by atoms with Crippen LogP contribution in [0.2, 0.25) is 0 Å². The standard InChI is InChI=1S/C12H14N2/c1-3-9-7-14-12(13)11-6-8(2)4-5-10(9)11/h4-7H,3H2,1-2H3,(H2,13,14). The first-order valence-corrected chi connectivity index (χ1v) is 4.86. The van der Waals surface area contributed by atoms with Crippen molar-refractivity contribution in [1.82, 2.24) is 4.98 Å². The molecule has 0 aliphatic heterocycles. The summed E-state index contributed by atoms with van der Waals surface area (Å²) in [6.45, 7) is 4.20. The molecule has 1 aromatic heterocycles. The van der Waals surface area contributed by atoms with E-state index >= 15 is 0 Å². The van der Waals surface area contributed by atoms with E-state index in [1.807, 2.05) is 6.20 Å². The summed E-state index contributed by atoms with van der Waals surface area (Å²) in [5.41, 5.74) is 8.32. The minimum absolute atomic E-state index is 0.626. The minimum atomic E-state index is 0.626. The number of hydrogen-bond acceptors (Lipinski definition) is 2. The molecule has 2 rings (SSSR count). The molecule has 0 aliphatic carbocycles. The number of rotatable bonds is 1. The fraction of sp³-hybridized carbons (Fsp3) is 0.250. The zero-order chi connectivity index (χ0) is 10.1. The van der Waals surface area contributed by atoms with Crippen molar-refractivity contribution >= 4 is 16.6 Å². The van der Waals surface area contributed by atoms with Gasteiger partial charge in [-0.15, -0.1) is 0 Å². The Kier molecular flexibility index (Phi) is 2.12. The van der Waals surface area contributed by atoms with Crippen molar-refractivity contribution in [1.29, 1.82) is 0 Å². The Hall–Kier alpha value is -1.57. The van der Waals surface area contributed by atoms with E-state index in [-0.39, 0.29) is 0 Å². The smallest absolute Gasteiger partial charge is 0.131 e. The summed E-state index contributed by atoms with van der Waals surface area (Å²) in [5, 5.41) is 2.30. The first-order valence-electron chi connectivity index (χ1n) is 4.86. The molecule has 72 valence electrons. The molecule has 1 aromatic carbocycles. The quantitative estimate of drug-likeness (QED) is 0.743. The molecule has 14 heavy (non-hydrogen) atoms. The third-order valence-electron chi connectivity index (χ3n) is 2.54. The van der Waals surface area contributed by atoms with E-state index in [0.717, 1.165) is 11.8 Å². The lowest BCUT2D eigenvalue weighted by Crippen LogP contribution is -1.95. The van der Waals surface area contributed by atoms with Crippen LogP contribution in [-0.4, -0.2) is 4.98 Å². The molecule has 0 aliphatic rings. The SMILES string of the molecule is CCc1cnc(N)c2cc(C)ccc12. The van der Waals surface area contributed by atoms with Crippen molar-refractivity contribution in [3.63, 3.8) is 0 Å². The summed E-state index contributed by atoms with van der Waals surface area (Å²) < 4.78 is 0. The molecule has 2 nitrogen and oxygen atoms in total. The molecule has 0 saturated carbocycles. The van der Waals surface area contributed by atoms with E-state index in [1.54, 1.807) is 0 Å². The molecular weight excluding hydrogens is 172 g/mol. The van der Waals surface area contributed by atoms with Crippen LogP contribution in [0.4, 0.5) is 5.82 Å². The molecule has 2 heteroatoms. The Morgan fingerprint density at radius 3 is 2.79 bits per heavy atom. The number of pyridine rings is 1. The predicted octanol–water partition coefficient (Wildman–Crippen LogP) is 2.69. The van der Waals surface area contributed by atoms with Crippen molar-refractivity contribution in [2.45, 2.75) is 20.3 Å². The fourth-order valence-corrected chi connectivity index (χ4v) is 1.72. The normalized spacial score (nSPS) is 10.7. The van der Waals surface area contributed by atoms with Crippen LogP contribution in [0.1, 0.15) is 18.1 Å². The van der Waals surface area contributed by atoms with Gasteiger partial charge in [-0.1, -0.05) is 24.6 Å². The Labute approximate surface area is 83.8 Å². The third-order valence-corrected chi connectivity index (χ3v) is 2.54. The van der Waals surface area contributed by atoms with Crippen molar-refractivity contribution in [2.75, 3.05) is 5.73 Å². The summed E-state index contributed by atoms with van der Waals surface area (Å²) in [5.74, 6) is 0.626. The molecule has 0 unspecified atom stereocenters. The molecule has 0 spiro atoms. The highest BCUT2D eigenvalue weighted by atomic mass is 14.8. The van der Waals surface area contributed by atoms with Crippen molar-refractivity contribution in [2.24, 2.45) is 0 Å². The molecule has 0 bridgehead atoms. The maximum atomic E-state index is 5.84. The van der Waals surface area contributed by atoms with Crippen LogP contribution in [-0.2, 0) is 6.42 Å². The zero-order valence-corrected chi connectivity index (χ0v) is 8.54. The number of benzene rings is 1. The van der Waals surface area contributed by atoms with Crippen LogP contribution in [0, 0.1) is 6.92 Å². The number of nitrogens with zero attached hydrogens (tertiary/aromatic N) is 1. The molecule has 0 saturated heterocycles. The van der Waals surface area contributed by atoms with Crippen LogP contribution in [0.3, 0.4) is 0 Å². The van der Waals surface area contributed by atoms with Gasteiger partial charge in [-0.2, -0.15) is 0 Å². The van der Waals surface area contributed by atoms with Crippen molar-refractivity contribution < 1.29 is 0 Å². The number of hydrogen-bond donors (Lipinski definition) is 1. The topological polar surface area (TPSA) is 38.9 Å². The van der Waals surface area contributed by atoms with E-state index in [4.69, 9.17) is 5.73 Å².